The number of aliphatic hydroxyl groups excluding tert-OH is 1. The van der Waals surface area contributed by atoms with E-state index in [1.165, 1.54) is 11.8 Å². The Morgan fingerprint density at radius 1 is 1.30 bits per heavy atom. The number of β-amino-alcohol motifs (C(OH)–C–C–N with tert-alkyl or cyclic N) is 1. The Balaban J connectivity index is 0.000000405. The number of aromatic nitrogens is 6. The molecule has 0 aromatic carbocycles. The monoisotopic (exact) mass is 556 g/mol. The number of carboxylic acid groups (broad SMARTS) is 1. The van der Waals surface area contributed by atoms with Crippen molar-refractivity contribution in [2.45, 2.75) is 42.6 Å². The molecule has 16 heteroatoms. The van der Waals surface area contributed by atoms with Crippen molar-refractivity contribution < 1.29 is 28.2 Å². The molecular formula is C21H20ClF3N8O3S. The van der Waals surface area contributed by atoms with E-state index in [1.807, 2.05) is 17.9 Å². The number of anilines is 2. The average Bonchev–Trinajstić information content (AvgIpc) is 3.11. The first-order chi connectivity index (χ1) is 17.4. The van der Waals surface area contributed by atoms with E-state index in [1.54, 1.807) is 13.1 Å². The van der Waals surface area contributed by atoms with Crippen LogP contribution in [-0.4, -0.2) is 71.5 Å². The second-order valence-corrected chi connectivity index (χ2v) is 9.40. The van der Waals surface area contributed by atoms with Gasteiger partial charge in [0.25, 0.3) is 0 Å². The predicted octanol–water partition coefficient (Wildman–Crippen LogP) is 3.37. The number of rotatable bonds is 4. The van der Waals surface area contributed by atoms with Gasteiger partial charge < -0.3 is 25.8 Å². The summed E-state index contributed by atoms with van der Waals surface area (Å²) in [6.45, 7) is 4.86. The Bertz CT molecular complexity index is 1490. The van der Waals surface area contributed by atoms with Gasteiger partial charge in [-0.1, -0.05) is 18.5 Å². The van der Waals surface area contributed by atoms with Gasteiger partial charge in [0.15, 0.2) is 11.0 Å². The van der Waals surface area contributed by atoms with Crippen LogP contribution in [0.4, 0.5) is 24.8 Å². The molecule has 4 aromatic rings. The van der Waals surface area contributed by atoms with E-state index in [0.29, 0.717) is 51.6 Å². The van der Waals surface area contributed by atoms with Crippen molar-refractivity contribution in [1.29, 1.82) is 0 Å². The fourth-order valence-electron chi connectivity index (χ4n) is 3.52. The van der Waals surface area contributed by atoms with Gasteiger partial charge in [0, 0.05) is 29.9 Å². The normalized spacial score (nSPS) is 14.0. The molecule has 0 bridgehead atoms. The van der Waals surface area contributed by atoms with Crippen molar-refractivity contribution in [2.24, 2.45) is 0 Å². The Kier molecular flexibility index (Phi) is 7.30. The number of carboxylic acids is 1. The largest absolute Gasteiger partial charge is 0.490 e. The lowest BCUT2D eigenvalue weighted by Crippen LogP contribution is -2.51. The van der Waals surface area contributed by atoms with E-state index in [4.69, 9.17) is 32.2 Å². The summed E-state index contributed by atoms with van der Waals surface area (Å²) in [7, 11) is 0. The number of H-pyrrole nitrogens is 1. The van der Waals surface area contributed by atoms with Crippen molar-refractivity contribution >= 4 is 63.0 Å². The summed E-state index contributed by atoms with van der Waals surface area (Å²) in [4.78, 5) is 37.4. The Morgan fingerprint density at radius 3 is 2.57 bits per heavy atom. The van der Waals surface area contributed by atoms with Crippen LogP contribution in [0.25, 0.3) is 22.1 Å². The molecule has 0 saturated carbocycles. The minimum atomic E-state index is -5.08. The number of nitrogens with two attached hydrogens (primary N) is 1. The third-order valence-electron chi connectivity index (χ3n) is 5.24. The number of nitrogens with one attached hydrogen (secondary N) is 1. The Hall–Kier alpha value is -3.43. The maximum Gasteiger partial charge on any atom is 0.490 e. The number of pyridine rings is 1. The highest BCUT2D eigenvalue weighted by molar-refractivity contribution is 7.99. The number of halogens is 4. The van der Waals surface area contributed by atoms with Crippen molar-refractivity contribution in [2.75, 3.05) is 23.7 Å². The molecule has 0 radical (unpaired) electrons. The number of aliphatic hydroxyl groups is 1. The molecule has 0 unspecified atom stereocenters. The smallest absolute Gasteiger partial charge is 0.475 e. The lowest BCUT2D eigenvalue weighted by Gasteiger charge is -2.37. The van der Waals surface area contributed by atoms with Gasteiger partial charge in [-0.25, -0.2) is 29.7 Å². The standard InChI is InChI=1S/C19H19ClN8OS.C2HF3O2/c1-3-11-14(20)13-17(25-11)26-19(27-18(13)28-6-9(29)7-28)30-10-4-12-15(22-5-10)16(21)24-8(2)23-12;3-2(4,5)1(6)7/h4-5,9,29H,3,6-7H2,1-2H3,(H2,21,23,24)(H,25,26,27);(H,6,7). The second-order valence-electron chi connectivity index (χ2n) is 7.98. The zero-order valence-electron chi connectivity index (χ0n) is 19.3. The minimum absolute atomic E-state index is 0.354. The van der Waals surface area contributed by atoms with Crippen LogP contribution in [0.2, 0.25) is 5.02 Å². The van der Waals surface area contributed by atoms with Gasteiger partial charge in [-0.15, -0.1) is 0 Å². The zero-order valence-corrected chi connectivity index (χ0v) is 20.9. The Labute approximate surface area is 216 Å². The summed E-state index contributed by atoms with van der Waals surface area (Å²) in [5.41, 5.74) is 8.79. The summed E-state index contributed by atoms with van der Waals surface area (Å²) < 4.78 is 31.7. The molecule has 1 aliphatic rings. The molecule has 0 amide bonds. The minimum Gasteiger partial charge on any atom is -0.475 e. The van der Waals surface area contributed by atoms with Crippen molar-refractivity contribution in [3.8, 4) is 0 Å². The summed E-state index contributed by atoms with van der Waals surface area (Å²) >= 11 is 7.97. The van der Waals surface area contributed by atoms with Crippen LogP contribution in [-0.2, 0) is 11.2 Å². The van der Waals surface area contributed by atoms with Crippen LogP contribution in [0, 0.1) is 6.92 Å². The van der Waals surface area contributed by atoms with E-state index >= 15 is 0 Å². The van der Waals surface area contributed by atoms with Crippen LogP contribution in [0.3, 0.4) is 0 Å². The number of hydrogen-bond acceptors (Lipinski definition) is 10. The molecule has 0 spiro atoms. The summed E-state index contributed by atoms with van der Waals surface area (Å²) in [6.07, 6.45) is -2.97. The molecule has 0 aliphatic carbocycles. The van der Waals surface area contributed by atoms with Crippen molar-refractivity contribution in [3.63, 3.8) is 0 Å². The predicted molar refractivity (Wildman–Crippen MR) is 131 cm³/mol. The van der Waals surface area contributed by atoms with E-state index < -0.39 is 12.1 Å². The lowest BCUT2D eigenvalue weighted by atomic mass is 10.1. The van der Waals surface area contributed by atoms with Crippen LogP contribution in [0.15, 0.2) is 22.3 Å². The number of aromatic amines is 1. The van der Waals surface area contributed by atoms with Crippen LogP contribution < -0.4 is 10.6 Å². The van der Waals surface area contributed by atoms with E-state index in [2.05, 4.69) is 24.9 Å². The van der Waals surface area contributed by atoms with E-state index in [-0.39, 0.29) is 6.10 Å². The molecule has 37 heavy (non-hydrogen) atoms. The average molecular weight is 557 g/mol. The molecule has 5 N–H and O–H groups in total. The third-order valence-corrected chi connectivity index (χ3v) is 6.48. The quantitative estimate of drug-likeness (QED) is 0.272. The third kappa shape index (κ3) is 5.62. The van der Waals surface area contributed by atoms with Gasteiger partial charge >= 0.3 is 12.1 Å². The molecule has 1 aliphatic heterocycles. The first-order valence-corrected chi connectivity index (χ1v) is 12.0. The molecular weight excluding hydrogens is 537 g/mol. The molecule has 5 rings (SSSR count). The fourth-order valence-corrected chi connectivity index (χ4v) is 4.63. The number of hydrogen-bond donors (Lipinski definition) is 4. The zero-order chi connectivity index (χ0) is 27.1. The van der Waals surface area contributed by atoms with Crippen LogP contribution in [0.1, 0.15) is 18.4 Å². The first-order valence-electron chi connectivity index (χ1n) is 10.8. The number of nitrogens with zero attached hydrogens (tertiary/aromatic N) is 6. The SMILES string of the molecule is CCc1[nH]c2nc(Sc3cnc4c(N)nc(C)nc4c3)nc(N3CC(O)C3)c2c1Cl.O=C(O)C(F)(F)F. The highest BCUT2D eigenvalue weighted by Crippen LogP contribution is 2.38. The maximum atomic E-state index is 10.6. The number of aryl methyl sites for hydroxylation is 2. The number of alkyl halides is 3. The molecule has 0 atom stereocenters. The van der Waals surface area contributed by atoms with Crippen LogP contribution in [0.5, 0.6) is 0 Å². The van der Waals surface area contributed by atoms with Gasteiger partial charge in [-0.05, 0) is 31.2 Å². The molecule has 1 saturated heterocycles. The number of nitrogen functional groups attached to an aromatic ring is 1. The first kappa shape index (κ1) is 26.6. The number of aliphatic carboxylic acids is 1. The van der Waals surface area contributed by atoms with E-state index in [9.17, 15) is 18.3 Å². The van der Waals surface area contributed by atoms with Gasteiger partial charge in [-0.3, -0.25) is 0 Å². The van der Waals surface area contributed by atoms with Gasteiger partial charge in [-0.2, -0.15) is 13.2 Å². The second kappa shape index (κ2) is 10.1. The Morgan fingerprint density at radius 2 is 1.97 bits per heavy atom. The summed E-state index contributed by atoms with van der Waals surface area (Å²) in [6, 6.07) is 1.90. The maximum absolute atomic E-state index is 10.6. The molecule has 196 valence electrons. The van der Waals surface area contributed by atoms with Gasteiger partial charge in [0.2, 0.25) is 0 Å². The lowest BCUT2D eigenvalue weighted by molar-refractivity contribution is -0.192. The highest BCUT2D eigenvalue weighted by Gasteiger charge is 2.38. The molecule has 4 aromatic heterocycles. The van der Waals surface area contributed by atoms with E-state index in [0.717, 1.165) is 28.2 Å². The van der Waals surface area contributed by atoms with Gasteiger partial charge in [0.1, 0.15) is 22.8 Å². The topological polar surface area (TPSA) is 167 Å². The van der Waals surface area contributed by atoms with Crippen molar-refractivity contribution in [3.05, 3.63) is 28.8 Å². The summed E-state index contributed by atoms with van der Waals surface area (Å²) in [5, 5.41) is 18.9. The highest BCUT2D eigenvalue weighted by atomic mass is 35.5. The van der Waals surface area contributed by atoms with Crippen molar-refractivity contribution in [1.82, 2.24) is 29.9 Å². The summed E-state index contributed by atoms with van der Waals surface area (Å²) in [5.74, 6) is -1.08. The molecule has 1 fully saturated rings. The number of carbonyl (C=O) groups is 1. The van der Waals surface area contributed by atoms with Gasteiger partial charge in [0.05, 0.1) is 22.0 Å². The van der Waals surface area contributed by atoms with Crippen LogP contribution >= 0.6 is 23.4 Å². The molecule has 5 heterocycles. The fraction of sp³-hybridized carbons (Fsp3) is 0.333. The molecule has 11 nitrogen and oxygen atoms in total. The number of fused-ring (bicyclic) bond motifs is 2.